The molecule has 1 aromatic carbocycles. The summed E-state index contributed by atoms with van der Waals surface area (Å²) in [6.07, 6.45) is 1.60. The number of nitriles is 1. The van der Waals surface area contributed by atoms with E-state index < -0.39 is 0 Å². The van der Waals surface area contributed by atoms with Gasteiger partial charge in [-0.2, -0.15) is 5.26 Å². The third-order valence-corrected chi connectivity index (χ3v) is 5.31. The molecule has 0 bridgehead atoms. The summed E-state index contributed by atoms with van der Waals surface area (Å²) in [5.41, 5.74) is 12.0. The molecule has 0 unspecified atom stereocenters. The van der Waals surface area contributed by atoms with Gasteiger partial charge in [-0.15, -0.1) is 11.3 Å². The van der Waals surface area contributed by atoms with Gasteiger partial charge in [-0.05, 0) is 50.1 Å². The molecule has 0 radical (unpaired) electrons. The Morgan fingerprint density at radius 1 is 1.29 bits per heavy atom. The Balaban J connectivity index is 1.93. The van der Waals surface area contributed by atoms with E-state index in [2.05, 4.69) is 21.4 Å². The predicted octanol–water partition coefficient (Wildman–Crippen LogP) is 3.59. The van der Waals surface area contributed by atoms with E-state index in [0.717, 1.165) is 5.56 Å². The van der Waals surface area contributed by atoms with Crippen molar-refractivity contribution in [2.24, 2.45) is 0 Å². The minimum absolute atomic E-state index is 0.246. The Morgan fingerprint density at radius 2 is 2.04 bits per heavy atom. The number of hydrogen-bond acceptors (Lipinski definition) is 7. The normalized spacial score (nSPS) is 10.4. The van der Waals surface area contributed by atoms with Crippen LogP contribution < -0.4 is 11.1 Å². The van der Waals surface area contributed by atoms with Crippen LogP contribution in [0.1, 0.15) is 43.3 Å². The Morgan fingerprint density at radius 3 is 2.68 bits per heavy atom. The van der Waals surface area contributed by atoms with Crippen molar-refractivity contribution in [3.8, 4) is 6.07 Å². The number of benzene rings is 1. The van der Waals surface area contributed by atoms with Crippen LogP contribution in [0.15, 0.2) is 29.9 Å². The minimum atomic E-state index is -0.381. The standard InChI is InChI=1S/C20H18N6OS/c1-10-11(2)19(25-12(3)15(10)7-21)20(27)26-13-4-5-16(22)14(6-13)18(23)17-8-24-9-28-17/h4-6,8-9,23H,22H2,1-3H3,(H,26,27). The summed E-state index contributed by atoms with van der Waals surface area (Å²) in [6, 6.07) is 7.11. The second-order valence-electron chi connectivity index (χ2n) is 6.28. The molecule has 8 heteroatoms. The highest BCUT2D eigenvalue weighted by molar-refractivity contribution is 7.12. The third-order valence-electron chi connectivity index (χ3n) is 4.52. The van der Waals surface area contributed by atoms with Crippen molar-refractivity contribution in [2.45, 2.75) is 20.8 Å². The Labute approximate surface area is 166 Å². The van der Waals surface area contributed by atoms with Crippen LogP contribution >= 0.6 is 11.3 Å². The first-order valence-electron chi connectivity index (χ1n) is 8.40. The maximum atomic E-state index is 12.8. The lowest BCUT2D eigenvalue weighted by atomic mass is 10.0. The molecule has 3 aromatic rings. The van der Waals surface area contributed by atoms with Crippen molar-refractivity contribution in [1.29, 1.82) is 10.7 Å². The quantitative estimate of drug-likeness (QED) is 0.463. The van der Waals surface area contributed by atoms with Crippen LogP contribution in [0.4, 0.5) is 11.4 Å². The van der Waals surface area contributed by atoms with Crippen molar-refractivity contribution in [1.82, 2.24) is 9.97 Å². The second kappa shape index (κ2) is 7.58. The Bertz CT molecular complexity index is 1130. The fourth-order valence-electron chi connectivity index (χ4n) is 2.84. The van der Waals surface area contributed by atoms with Crippen LogP contribution in [0.5, 0.6) is 0 Å². The van der Waals surface area contributed by atoms with Crippen LogP contribution in [0.2, 0.25) is 0 Å². The number of nitrogens with two attached hydrogens (primary N) is 1. The molecule has 2 heterocycles. The number of anilines is 2. The first-order chi connectivity index (χ1) is 13.3. The van der Waals surface area contributed by atoms with E-state index in [1.165, 1.54) is 11.3 Å². The molecule has 1 amide bonds. The molecule has 0 aliphatic heterocycles. The van der Waals surface area contributed by atoms with Gasteiger partial charge in [0.2, 0.25) is 0 Å². The van der Waals surface area contributed by atoms with Crippen molar-refractivity contribution in [3.05, 3.63) is 68.4 Å². The average molecular weight is 390 g/mol. The molecule has 0 aliphatic carbocycles. The van der Waals surface area contributed by atoms with E-state index >= 15 is 0 Å². The molecule has 0 saturated carbocycles. The second-order valence-corrected chi connectivity index (χ2v) is 7.17. The predicted molar refractivity (Wildman–Crippen MR) is 110 cm³/mol. The van der Waals surface area contributed by atoms with Gasteiger partial charge in [0.05, 0.1) is 27.4 Å². The first-order valence-corrected chi connectivity index (χ1v) is 9.28. The number of hydrogen-bond donors (Lipinski definition) is 3. The number of pyridine rings is 1. The number of thiazole rings is 1. The van der Waals surface area contributed by atoms with Crippen molar-refractivity contribution >= 4 is 34.3 Å². The molecule has 0 aliphatic rings. The summed E-state index contributed by atoms with van der Waals surface area (Å²) >= 11 is 1.34. The largest absolute Gasteiger partial charge is 0.398 e. The summed E-state index contributed by atoms with van der Waals surface area (Å²) in [6.45, 7) is 5.28. The van der Waals surface area contributed by atoms with Gasteiger partial charge in [0.15, 0.2) is 0 Å². The lowest BCUT2D eigenvalue weighted by Gasteiger charge is -2.13. The number of amides is 1. The Kier molecular flexibility index (Phi) is 5.20. The van der Waals surface area contributed by atoms with Gasteiger partial charge >= 0.3 is 0 Å². The molecule has 0 saturated heterocycles. The lowest BCUT2D eigenvalue weighted by molar-refractivity contribution is 0.102. The van der Waals surface area contributed by atoms with Crippen molar-refractivity contribution in [2.75, 3.05) is 11.1 Å². The van der Waals surface area contributed by atoms with Gasteiger partial charge in [-0.1, -0.05) is 0 Å². The van der Waals surface area contributed by atoms with Crippen molar-refractivity contribution in [3.63, 3.8) is 0 Å². The van der Waals surface area contributed by atoms with Gasteiger partial charge in [-0.25, -0.2) is 4.98 Å². The van der Waals surface area contributed by atoms with E-state index in [-0.39, 0.29) is 17.3 Å². The zero-order chi connectivity index (χ0) is 20.4. The molecule has 7 nitrogen and oxygen atoms in total. The fraction of sp³-hybridized carbons (Fsp3) is 0.150. The topological polar surface area (TPSA) is 129 Å². The van der Waals surface area contributed by atoms with E-state index in [1.807, 2.05) is 0 Å². The smallest absolute Gasteiger partial charge is 0.274 e. The summed E-state index contributed by atoms with van der Waals surface area (Å²) in [7, 11) is 0. The maximum Gasteiger partial charge on any atom is 0.274 e. The van der Waals surface area contributed by atoms with Crippen LogP contribution in [-0.2, 0) is 0 Å². The monoisotopic (exact) mass is 390 g/mol. The zero-order valence-electron chi connectivity index (χ0n) is 15.6. The maximum absolute atomic E-state index is 12.8. The van der Waals surface area contributed by atoms with Gasteiger partial charge < -0.3 is 11.1 Å². The average Bonchev–Trinajstić information content (AvgIpc) is 3.20. The van der Waals surface area contributed by atoms with E-state index in [0.29, 0.717) is 38.6 Å². The van der Waals surface area contributed by atoms with Crippen molar-refractivity contribution < 1.29 is 4.79 Å². The minimum Gasteiger partial charge on any atom is -0.398 e. The van der Waals surface area contributed by atoms with Crippen LogP contribution in [0, 0.1) is 37.5 Å². The molecule has 0 atom stereocenters. The highest BCUT2D eigenvalue weighted by atomic mass is 32.1. The molecule has 0 fully saturated rings. The first kappa shape index (κ1) is 19.2. The number of nitrogens with one attached hydrogen (secondary N) is 2. The number of aryl methyl sites for hydroxylation is 1. The highest BCUT2D eigenvalue weighted by Crippen LogP contribution is 2.24. The fourth-order valence-corrected chi connectivity index (χ4v) is 3.43. The number of rotatable bonds is 4. The third kappa shape index (κ3) is 3.48. The van der Waals surface area contributed by atoms with E-state index in [1.54, 1.807) is 50.7 Å². The van der Waals surface area contributed by atoms with Gasteiger partial charge in [-0.3, -0.25) is 15.2 Å². The summed E-state index contributed by atoms with van der Waals surface area (Å²) in [5.74, 6) is -0.381. The van der Waals surface area contributed by atoms with Gasteiger partial charge in [0.25, 0.3) is 5.91 Å². The highest BCUT2D eigenvalue weighted by Gasteiger charge is 2.18. The summed E-state index contributed by atoms with van der Waals surface area (Å²) in [5, 5.41) is 20.4. The SMILES string of the molecule is Cc1nc(C(=O)Nc2ccc(N)c(C(=N)c3cncs3)c2)c(C)c(C)c1C#N. The molecule has 2 aromatic heterocycles. The van der Waals surface area contributed by atoms with E-state index in [4.69, 9.17) is 11.1 Å². The summed E-state index contributed by atoms with van der Waals surface area (Å²) < 4.78 is 0. The van der Waals surface area contributed by atoms with Gasteiger partial charge in [0.1, 0.15) is 11.8 Å². The molecule has 0 spiro atoms. The zero-order valence-corrected chi connectivity index (χ0v) is 16.4. The number of nitrogen functional groups attached to an aromatic ring is 1. The molecule has 28 heavy (non-hydrogen) atoms. The Hall–Kier alpha value is -3.57. The molecular weight excluding hydrogens is 372 g/mol. The molecule has 4 N–H and O–H groups in total. The number of nitrogens with zero attached hydrogens (tertiary/aromatic N) is 3. The van der Waals surface area contributed by atoms with E-state index in [9.17, 15) is 10.1 Å². The number of carbonyl (C=O) groups is 1. The molecule has 140 valence electrons. The molecular formula is C20H18N6OS. The van der Waals surface area contributed by atoms with Gasteiger partial charge in [0, 0.05) is 23.1 Å². The van der Waals surface area contributed by atoms with Crippen LogP contribution in [0.3, 0.4) is 0 Å². The molecule has 3 rings (SSSR count). The number of aromatic nitrogens is 2. The van der Waals surface area contributed by atoms with Crippen LogP contribution in [0.25, 0.3) is 0 Å². The van der Waals surface area contributed by atoms with Crippen LogP contribution in [-0.4, -0.2) is 21.6 Å². The lowest BCUT2D eigenvalue weighted by Crippen LogP contribution is -2.18. The summed E-state index contributed by atoms with van der Waals surface area (Å²) in [4.78, 5) is 21.8. The number of carbonyl (C=O) groups excluding carboxylic acids is 1.